The number of anilines is 1. The molecule has 1 aromatic heterocycles. The highest BCUT2D eigenvalue weighted by Gasteiger charge is 2.38. The van der Waals surface area contributed by atoms with Gasteiger partial charge in [-0.3, -0.25) is 14.5 Å². The van der Waals surface area contributed by atoms with Crippen LogP contribution in [0.4, 0.5) is 10.5 Å². The van der Waals surface area contributed by atoms with Gasteiger partial charge in [0.1, 0.15) is 11.9 Å². The topological polar surface area (TPSA) is 107 Å². The van der Waals surface area contributed by atoms with E-state index in [0.717, 1.165) is 33.7 Å². The SMILES string of the molecule is CC(C)Cc1nc2ccc(NC(=O)C[C@@H]3NC(=O)N(Cc4ccccc4)C3=O)cc2[nH]1. The zero-order chi connectivity index (χ0) is 22.0. The summed E-state index contributed by atoms with van der Waals surface area (Å²) in [5, 5.41) is 5.40. The summed E-state index contributed by atoms with van der Waals surface area (Å²) < 4.78 is 0. The fourth-order valence-electron chi connectivity index (χ4n) is 3.65. The standard InChI is InChI=1S/C23H25N5O3/c1-14(2)10-20-25-17-9-8-16(11-18(17)26-20)24-21(29)12-19-22(30)28(23(31)27-19)13-15-6-4-3-5-7-15/h3-9,11,14,19H,10,12-13H2,1-2H3,(H,24,29)(H,25,26)(H,27,31)/t19-/m0/s1. The van der Waals surface area contributed by atoms with Crippen molar-refractivity contribution in [1.29, 1.82) is 0 Å². The van der Waals surface area contributed by atoms with Crippen molar-refractivity contribution < 1.29 is 14.4 Å². The molecule has 1 fully saturated rings. The predicted octanol–water partition coefficient (Wildman–Crippen LogP) is 3.21. The molecular weight excluding hydrogens is 394 g/mol. The van der Waals surface area contributed by atoms with Gasteiger partial charge in [0.05, 0.1) is 24.0 Å². The molecule has 1 atom stereocenters. The van der Waals surface area contributed by atoms with Crippen molar-refractivity contribution in [2.75, 3.05) is 5.32 Å². The number of imidazole rings is 1. The molecule has 2 aromatic carbocycles. The molecule has 8 heteroatoms. The van der Waals surface area contributed by atoms with Crippen LogP contribution >= 0.6 is 0 Å². The highest BCUT2D eigenvalue weighted by molar-refractivity contribution is 6.07. The van der Waals surface area contributed by atoms with E-state index < -0.39 is 18.0 Å². The minimum absolute atomic E-state index is 0.129. The summed E-state index contributed by atoms with van der Waals surface area (Å²) in [7, 11) is 0. The molecule has 0 unspecified atom stereocenters. The van der Waals surface area contributed by atoms with Gasteiger partial charge < -0.3 is 15.6 Å². The number of benzene rings is 2. The third kappa shape index (κ3) is 4.74. The summed E-state index contributed by atoms with van der Waals surface area (Å²) >= 11 is 0. The number of fused-ring (bicyclic) bond motifs is 1. The number of hydrogen-bond acceptors (Lipinski definition) is 4. The Balaban J connectivity index is 1.38. The lowest BCUT2D eigenvalue weighted by molar-refractivity contribution is -0.130. The van der Waals surface area contributed by atoms with Gasteiger partial charge in [-0.05, 0) is 29.7 Å². The van der Waals surface area contributed by atoms with Gasteiger partial charge in [0, 0.05) is 12.1 Å². The van der Waals surface area contributed by atoms with Crippen LogP contribution in [0.2, 0.25) is 0 Å². The number of nitrogens with zero attached hydrogens (tertiary/aromatic N) is 2. The summed E-state index contributed by atoms with van der Waals surface area (Å²) in [6.45, 7) is 4.44. The molecule has 4 amide bonds. The maximum atomic E-state index is 12.6. The Morgan fingerprint density at radius 3 is 2.68 bits per heavy atom. The first-order valence-corrected chi connectivity index (χ1v) is 10.3. The monoisotopic (exact) mass is 419 g/mol. The summed E-state index contributed by atoms with van der Waals surface area (Å²) in [5.41, 5.74) is 3.13. The highest BCUT2D eigenvalue weighted by atomic mass is 16.2. The van der Waals surface area contributed by atoms with Gasteiger partial charge >= 0.3 is 6.03 Å². The Morgan fingerprint density at radius 2 is 1.94 bits per heavy atom. The molecule has 2 heterocycles. The van der Waals surface area contributed by atoms with Gasteiger partial charge in [0.2, 0.25) is 5.91 Å². The van der Waals surface area contributed by atoms with E-state index >= 15 is 0 Å². The number of H-pyrrole nitrogens is 1. The van der Waals surface area contributed by atoms with Crippen LogP contribution in [0, 0.1) is 5.92 Å². The van der Waals surface area contributed by atoms with Crippen LogP contribution in [0.1, 0.15) is 31.7 Å². The lowest BCUT2D eigenvalue weighted by Gasteiger charge is -2.13. The van der Waals surface area contributed by atoms with Crippen LogP contribution in [0.3, 0.4) is 0 Å². The van der Waals surface area contributed by atoms with Crippen molar-refractivity contribution >= 4 is 34.6 Å². The normalized spacial score (nSPS) is 16.2. The van der Waals surface area contributed by atoms with Crippen LogP contribution in [-0.2, 0) is 22.6 Å². The van der Waals surface area contributed by atoms with E-state index in [4.69, 9.17) is 0 Å². The summed E-state index contributed by atoms with van der Waals surface area (Å²) in [5.74, 6) is 0.652. The lowest BCUT2D eigenvalue weighted by atomic mass is 10.1. The second-order valence-corrected chi connectivity index (χ2v) is 8.18. The third-order valence-corrected chi connectivity index (χ3v) is 5.10. The van der Waals surface area contributed by atoms with Crippen LogP contribution < -0.4 is 10.6 Å². The Hall–Kier alpha value is -3.68. The van der Waals surface area contributed by atoms with Gasteiger partial charge in [-0.15, -0.1) is 0 Å². The molecule has 0 saturated carbocycles. The number of nitrogens with one attached hydrogen (secondary N) is 3. The number of hydrogen-bond donors (Lipinski definition) is 3. The fraction of sp³-hybridized carbons (Fsp3) is 0.304. The molecule has 4 rings (SSSR count). The molecule has 0 radical (unpaired) electrons. The van der Waals surface area contributed by atoms with Crippen LogP contribution in [0.15, 0.2) is 48.5 Å². The second-order valence-electron chi connectivity index (χ2n) is 8.18. The quantitative estimate of drug-likeness (QED) is 0.511. The third-order valence-electron chi connectivity index (χ3n) is 5.10. The van der Waals surface area contributed by atoms with E-state index in [9.17, 15) is 14.4 Å². The number of carbonyl (C=O) groups excluding carboxylic acids is 3. The predicted molar refractivity (Wildman–Crippen MR) is 117 cm³/mol. The lowest BCUT2D eigenvalue weighted by Crippen LogP contribution is -2.34. The van der Waals surface area contributed by atoms with E-state index in [0.29, 0.717) is 11.6 Å². The number of amides is 4. The van der Waals surface area contributed by atoms with E-state index in [1.54, 1.807) is 6.07 Å². The largest absolute Gasteiger partial charge is 0.342 e. The van der Waals surface area contributed by atoms with Crippen LogP contribution in [0.5, 0.6) is 0 Å². The molecule has 3 aromatic rings. The Kier molecular flexibility index (Phi) is 5.70. The average Bonchev–Trinajstić information content (AvgIpc) is 3.23. The summed E-state index contributed by atoms with van der Waals surface area (Å²) in [4.78, 5) is 46.3. The Bertz CT molecular complexity index is 1120. The molecule has 8 nitrogen and oxygen atoms in total. The number of rotatable bonds is 7. The van der Waals surface area contributed by atoms with Gasteiger partial charge in [-0.1, -0.05) is 44.2 Å². The number of aromatic amines is 1. The zero-order valence-electron chi connectivity index (χ0n) is 17.5. The van der Waals surface area contributed by atoms with E-state index in [1.807, 2.05) is 42.5 Å². The minimum Gasteiger partial charge on any atom is -0.342 e. The molecule has 1 saturated heterocycles. The first-order valence-electron chi connectivity index (χ1n) is 10.3. The molecule has 3 N–H and O–H groups in total. The number of aromatic nitrogens is 2. The van der Waals surface area contributed by atoms with Crippen molar-refractivity contribution in [3.63, 3.8) is 0 Å². The van der Waals surface area contributed by atoms with Crippen LogP contribution in [0.25, 0.3) is 11.0 Å². The van der Waals surface area contributed by atoms with Crippen molar-refractivity contribution in [3.8, 4) is 0 Å². The smallest absolute Gasteiger partial charge is 0.325 e. The van der Waals surface area contributed by atoms with Crippen molar-refractivity contribution in [3.05, 3.63) is 59.9 Å². The molecule has 160 valence electrons. The second kappa shape index (κ2) is 8.59. The zero-order valence-corrected chi connectivity index (χ0v) is 17.5. The number of imide groups is 1. The molecule has 0 bridgehead atoms. The van der Waals surface area contributed by atoms with Crippen molar-refractivity contribution in [1.82, 2.24) is 20.2 Å². The molecule has 31 heavy (non-hydrogen) atoms. The maximum Gasteiger partial charge on any atom is 0.325 e. The van der Waals surface area contributed by atoms with E-state index in [2.05, 4.69) is 34.4 Å². The molecule has 0 aliphatic carbocycles. The van der Waals surface area contributed by atoms with Crippen LogP contribution in [-0.4, -0.2) is 38.8 Å². The molecule has 1 aliphatic heterocycles. The summed E-state index contributed by atoms with van der Waals surface area (Å²) in [6.07, 6.45) is 0.717. The van der Waals surface area contributed by atoms with Crippen molar-refractivity contribution in [2.24, 2.45) is 5.92 Å². The Labute approximate surface area is 180 Å². The Morgan fingerprint density at radius 1 is 1.16 bits per heavy atom. The molecule has 1 aliphatic rings. The number of urea groups is 1. The first kappa shape index (κ1) is 20.6. The first-order chi connectivity index (χ1) is 14.9. The highest BCUT2D eigenvalue weighted by Crippen LogP contribution is 2.20. The van der Waals surface area contributed by atoms with E-state index in [1.165, 1.54) is 0 Å². The number of carbonyl (C=O) groups is 3. The van der Waals surface area contributed by atoms with Gasteiger partial charge in [0.15, 0.2) is 0 Å². The molecule has 0 spiro atoms. The minimum atomic E-state index is -0.871. The van der Waals surface area contributed by atoms with Crippen molar-refractivity contribution in [2.45, 2.75) is 39.3 Å². The molecular formula is C23H25N5O3. The average molecular weight is 419 g/mol. The fourth-order valence-corrected chi connectivity index (χ4v) is 3.65. The van der Waals surface area contributed by atoms with E-state index in [-0.39, 0.29) is 18.9 Å². The van der Waals surface area contributed by atoms with Gasteiger partial charge in [-0.2, -0.15) is 0 Å². The maximum absolute atomic E-state index is 12.6. The summed E-state index contributed by atoms with van der Waals surface area (Å²) in [6, 6.07) is 13.3. The van der Waals surface area contributed by atoms with Gasteiger partial charge in [-0.25, -0.2) is 9.78 Å². The van der Waals surface area contributed by atoms with Gasteiger partial charge in [0.25, 0.3) is 5.91 Å².